The molecule has 36 heavy (non-hydrogen) atoms. The second-order valence-corrected chi connectivity index (χ2v) is 16.2. The van der Waals surface area contributed by atoms with Crippen molar-refractivity contribution in [1.29, 1.82) is 0 Å². The first-order valence-electron chi connectivity index (χ1n) is 15.7. The summed E-state index contributed by atoms with van der Waals surface area (Å²) in [5.41, 5.74) is 1.51. The van der Waals surface area contributed by atoms with Crippen molar-refractivity contribution < 1.29 is 4.79 Å². The van der Waals surface area contributed by atoms with E-state index in [2.05, 4.69) is 53.8 Å². The van der Waals surface area contributed by atoms with Crippen molar-refractivity contribution in [2.24, 2.45) is 63.6 Å². The average Bonchev–Trinajstić information content (AvgIpc) is 3.15. The Hall–Kier alpha value is -0.570. The molecule has 6 unspecified atom stereocenters. The van der Waals surface area contributed by atoms with Gasteiger partial charge in [0.15, 0.2) is 0 Å². The Morgan fingerprint density at radius 1 is 0.861 bits per heavy atom. The molecule has 0 bridgehead atoms. The molecule has 0 aliphatic heterocycles. The molecule has 5 rings (SSSR count). The molecule has 5 aliphatic carbocycles. The van der Waals surface area contributed by atoms with Crippen LogP contribution < -0.4 is 5.32 Å². The van der Waals surface area contributed by atoms with E-state index in [1.807, 2.05) is 19.0 Å². The standard InChI is InChI=1S/C33H58N2O/c1-21(2)23-13-18-33(34-28(36)20-35(8)9)19-14-25-24(29(23)33)10-11-27-31(25,6)17-15-26-30(4,5)22(3)12-16-32(26,27)7/h21-27,29H,10-20H2,1-9H3,(H,34,36)/t22?,23?,24-,25?,26?,27?,29?,31-,32-,33-/m0/s1. The smallest absolute Gasteiger partial charge is 0.234 e. The Bertz CT molecular complexity index is 849. The van der Waals surface area contributed by atoms with Crippen LogP contribution in [0.25, 0.3) is 0 Å². The van der Waals surface area contributed by atoms with Gasteiger partial charge < -0.3 is 10.2 Å². The minimum Gasteiger partial charge on any atom is -0.349 e. The highest BCUT2D eigenvalue weighted by molar-refractivity contribution is 5.79. The minimum atomic E-state index is 0.0513. The number of carbonyl (C=O) groups is 1. The van der Waals surface area contributed by atoms with Gasteiger partial charge in [-0.2, -0.15) is 0 Å². The second kappa shape index (κ2) is 8.99. The summed E-state index contributed by atoms with van der Waals surface area (Å²) in [7, 11) is 4.03. The van der Waals surface area contributed by atoms with Gasteiger partial charge in [0.05, 0.1) is 6.54 Å². The van der Waals surface area contributed by atoms with E-state index in [1.165, 1.54) is 64.2 Å². The zero-order valence-electron chi connectivity index (χ0n) is 25.3. The predicted octanol–water partition coefficient (Wildman–Crippen LogP) is 7.40. The van der Waals surface area contributed by atoms with Crippen molar-refractivity contribution in [3.8, 4) is 0 Å². The van der Waals surface area contributed by atoms with Gasteiger partial charge in [0.25, 0.3) is 0 Å². The van der Waals surface area contributed by atoms with Gasteiger partial charge in [-0.1, -0.05) is 48.5 Å². The minimum absolute atomic E-state index is 0.0513. The fourth-order valence-corrected chi connectivity index (χ4v) is 12.1. The average molecular weight is 499 g/mol. The van der Waals surface area contributed by atoms with Gasteiger partial charge in [0.2, 0.25) is 5.91 Å². The van der Waals surface area contributed by atoms with Crippen LogP contribution in [-0.4, -0.2) is 37.0 Å². The third-order valence-corrected chi connectivity index (χ3v) is 13.9. The van der Waals surface area contributed by atoms with Crippen molar-refractivity contribution in [2.45, 2.75) is 118 Å². The summed E-state index contributed by atoms with van der Waals surface area (Å²) >= 11 is 0. The summed E-state index contributed by atoms with van der Waals surface area (Å²) in [6, 6.07) is 0. The van der Waals surface area contributed by atoms with E-state index in [0.29, 0.717) is 34.6 Å². The van der Waals surface area contributed by atoms with Gasteiger partial charge in [0, 0.05) is 5.54 Å². The maximum atomic E-state index is 13.1. The van der Waals surface area contributed by atoms with Gasteiger partial charge in [-0.25, -0.2) is 0 Å². The molecule has 1 N–H and O–H groups in total. The first kappa shape index (κ1) is 27.0. The van der Waals surface area contributed by atoms with Gasteiger partial charge in [0.1, 0.15) is 0 Å². The number of fused-ring (bicyclic) bond motifs is 7. The SMILES string of the molecule is CC(C)C1CC[C@]2(NC(=O)CN(C)C)CCC3[C@H](CCC4[C@@]3(C)CCC3C(C)(C)C(C)CC[C@@]34C)C12. The van der Waals surface area contributed by atoms with E-state index >= 15 is 0 Å². The summed E-state index contributed by atoms with van der Waals surface area (Å²) < 4.78 is 0. The molecule has 5 fully saturated rings. The van der Waals surface area contributed by atoms with E-state index in [-0.39, 0.29) is 11.4 Å². The van der Waals surface area contributed by atoms with Crippen LogP contribution >= 0.6 is 0 Å². The van der Waals surface area contributed by atoms with Gasteiger partial charge >= 0.3 is 0 Å². The van der Waals surface area contributed by atoms with E-state index in [0.717, 1.165) is 35.5 Å². The highest BCUT2D eigenvalue weighted by Gasteiger charge is 2.67. The largest absolute Gasteiger partial charge is 0.349 e. The Labute approximate surface area is 223 Å². The van der Waals surface area contributed by atoms with Crippen molar-refractivity contribution in [2.75, 3.05) is 20.6 Å². The zero-order valence-corrected chi connectivity index (χ0v) is 25.3. The van der Waals surface area contributed by atoms with Gasteiger partial charge in [-0.05, 0) is 142 Å². The normalized spacial score (nSPS) is 49.7. The lowest BCUT2D eigenvalue weighted by Gasteiger charge is -2.69. The molecule has 0 radical (unpaired) electrons. The number of hydrogen-bond acceptors (Lipinski definition) is 2. The van der Waals surface area contributed by atoms with Gasteiger partial charge in [-0.3, -0.25) is 4.79 Å². The molecule has 0 aromatic heterocycles. The number of amides is 1. The topological polar surface area (TPSA) is 32.3 Å². The molecule has 0 aromatic rings. The molecule has 1 amide bonds. The number of rotatable bonds is 4. The molecule has 206 valence electrons. The third-order valence-electron chi connectivity index (χ3n) is 13.9. The van der Waals surface area contributed by atoms with Crippen LogP contribution in [0.15, 0.2) is 0 Å². The van der Waals surface area contributed by atoms with Crippen LogP contribution in [0.3, 0.4) is 0 Å². The number of nitrogens with zero attached hydrogens (tertiary/aromatic N) is 1. The predicted molar refractivity (Wildman–Crippen MR) is 151 cm³/mol. The summed E-state index contributed by atoms with van der Waals surface area (Å²) in [6.45, 7) is 18.6. The lowest BCUT2D eigenvalue weighted by atomic mass is 9.36. The molecule has 5 aliphatic rings. The molecular weight excluding hydrogens is 440 g/mol. The van der Waals surface area contributed by atoms with Crippen LogP contribution in [0.5, 0.6) is 0 Å². The molecular formula is C33H58N2O. The molecule has 5 saturated carbocycles. The van der Waals surface area contributed by atoms with Crippen LogP contribution in [0, 0.1) is 63.6 Å². The van der Waals surface area contributed by atoms with Crippen LogP contribution in [0.1, 0.15) is 113 Å². The molecule has 10 atom stereocenters. The maximum absolute atomic E-state index is 13.1. The summed E-state index contributed by atoms with van der Waals surface area (Å²) in [5.74, 6) is 6.65. The quantitative estimate of drug-likeness (QED) is 0.438. The fraction of sp³-hybridized carbons (Fsp3) is 0.970. The Morgan fingerprint density at radius 2 is 1.53 bits per heavy atom. The van der Waals surface area contributed by atoms with E-state index in [9.17, 15) is 4.79 Å². The van der Waals surface area contributed by atoms with Crippen molar-refractivity contribution in [3.05, 3.63) is 0 Å². The van der Waals surface area contributed by atoms with E-state index < -0.39 is 0 Å². The summed E-state index contributed by atoms with van der Waals surface area (Å²) in [5, 5.41) is 3.72. The molecule has 0 heterocycles. The molecule has 0 saturated heterocycles. The molecule has 0 aromatic carbocycles. The fourth-order valence-electron chi connectivity index (χ4n) is 12.1. The lowest BCUT2D eigenvalue weighted by molar-refractivity contribution is -0.203. The Morgan fingerprint density at radius 3 is 2.19 bits per heavy atom. The maximum Gasteiger partial charge on any atom is 0.234 e. The Balaban J connectivity index is 1.46. The number of carbonyl (C=O) groups excluding carboxylic acids is 1. The van der Waals surface area contributed by atoms with Crippen molar-refractivity contribution >= 4 is 5.91 Å². The third kappa shape index (κ3) is 3.86. The number of nitrogens with one attached hydrogen (secondary N) is 1. The first-order valence-corrected chi connectivity index (χ1v) is 15.7. The van der Waals surface area contributed by atoms with Crippen molar-refractivity contribution in [3.63, 3.8) is 0 Å². The molecule has 3 nitrogen and oxygen atoms in total. The summed E-state index contributed by atoms with van der Waals surface area (Å²) in [6.07, 6.45) is 13.6. The van der Waals surface area contributed by atoms with Crippen LogP contribution in [0.4, 0.5) is 0 Å². The van der Waals surface area contributed by atoms with Crippen molar-refractivity contribution in [1.82, 2.24) is 10.2 Å². The molecule has 0 spiro atoms. The highest BCUT2D eigenvalue weighted by Crippen LogP contribution is 2.73. The molecule has 3 heteroatoms. The Kier molecular flexibility index (Phi) is 6.74. The first-order chi connectivity index (χ1) is 16.8. The van der Waals surface area contributed by atoms with E-state index in [1.54, 1.807) is 0 Å². The summed E-state index contributed by atoms with van der Waals surface area (Å²) in [4.78, 5) is 15.1. The lowest BCUT2D eigenvalue weighted by Crippen LogP contribution is -2.65. The van der Waals surface area contributed by atoms with E-state index in [4.69, 9.17) is 0 Å². The monoisotopic (exact) mass is 498 g/mol. The van der Waals surface area contributed by atoms with Crippen LogP contribution in [0.2, 0.25) is 0 Å². The zero-order chi connectivity index (χ0) is 26.3. The number of hydrogen-bond donors (Lipinski definition) is 1. The highest BCUT2D eigenvalue weighted by atomic mass is 16.2. The number of likely N-dealkylation sites (N-methyl/N-ethyl adjacent to an activating group) is 1. The van der Waals surface area contributed by atoms with Crippen LogP contribution in [-0.2, 0) is 4.79 Å². The van der Waals surface area contributed by atoms with Gasteiger partial charge in [-0.15, -0.1) is 0 Å². The second-order valence-electron chi connectivity index (χ2n) is 16.2.